The van der Waals surface area contributed by atoms with Crippen molar-refractivity contribution in [2.75, 3.05) is 17.8 Å². The molecule has 0 amide bonds. The van der Waals surface area contributed by atoms with Gasteiger partial charge in [-0.15, -0.1) is 11.6 Å². The molecule has 1 aromatic heterocycles. The van der Waals surface area contributed by atoms with Gasteiger partial charge in [0.25, 0.3) is 0 Å². The van der Waals surface area contributed by atoms with Crippen molar-refractivity contribution in [2.45, 2.75) is 19.4 Å². The Balaban J connectivity index is 3.00. The number of hydrogen-bond donors (Lipinski definition) is 0. The van der Waals surface area contributed by atoms with Crippen LogP contribution in [-0.4, -0.2) is 23.5 Å². The van der Waals surface area contributed by atoms with Gasteiger partial charge < -0.3 is 4.90 Å². The van der Waals surface area contributed by atoms with Crippen LogP contribution in [-0.2, 0) is 0 Å². The van der Waals surface area contributed by atoms with Crippen molar-refractivity contribution in [2.24, 2.45) is 0 Å². The number of aromatic nitrogens is 1. The highest BCUT2D eigenvalue weighted by Crippen LogP contribution is 2.29. The number of anilines is 1. The minimum absolute atomic E-state index is 0.119. The summed E-state index contributed by atoms with van der Waals surface area (Å²) in [4.78, 5) is 6.00. The van der Waals surface area contributed by atoms with Gasteiger partial charge in [-0.1, -0.05) is 11.6 Å². The Morgan fingerprint density at radius 3 is 2.64 bits per heavy atom. The Kier molecular flexibility index (Phi) is 3.62. The molecule has 0 N–H and O–H groups in total. The van der Waals surface area contributed by atoms with Gasteiger partial charge in [0.05, 0.1) is 10.7 Å². The Morgan fingerprint density at radius 1 is 1.50 bits per heavy atom. The molecular formula is C10H14Cl2N2. The predicted octanol–water partition coefficient (Wildman–Crippen LogP) is 3.19. The molecule has 0 aliphatic carbocycles. The number of hydrogen-bond acceptors (Lipinski definition) is 2. The zero-order chi connectivity index (χ0) is 10.8. The predicted molar refractivity (Wildman–Crippen MR) is 62.4 cm³/mol. The van der Waals surface area contributed by atoms with E-state index >= 15 is 0 Å². The number of pyridine rings is 1. The molecule has 0 unspecified atom stereocenters. The van der Waals surface area contributed by atoms with E-state index in [-0.39, 0.29) is 5.54 Å². The fourth-order valence-corrected chi connectivity index (χ4v) is 1.48. The van der Waals surface area contributed by atoms with E-state index in [2.05, 4.69) is 23.7 Å². The summed E-state index contributed by atoms with van der Waals surface area (Å²) in [7, 11) is 1.98. The molecule has 0 spiro atoms. The normalized spacial score (nSPS) is 11.5. The van der Waals surface area contributed by atoms with Gasteiger partial charge in [0.2, 0.25) is 0 Å². The van der Waals surface area contributed by atoms with E-state index in [1.54, 1.807) is 12.4 Å². The van der Waals surface area contributed by atoms with Crippen LogP contribution < -0.4 is 4.90 Å². The summed E-state index contributed by atoms with van der Waals surface area (Å²) in [6.45, 7) is 4.13. The highest BCUT2D eigenvalue weighted by Gasteiger charge is 2.23. The highest BCUT2D eigenvalue weighted by atomic mass is 35.5. The second-order valence-electron chi connectivity index (χ2n) is 3.83. The van der Waals surface area contributed by atoms with Crippen LogP contribution in [0.2, 0.25) is 5.02 Å². The van der Waals surface area contributed by atoms with Crippen molar-refractivity contribution in [3.8, 4) is 0 Å². The lowest BCUT2D eigenvalue weighted by atomic mass is 10.1. The molecule has 0 fully saturated rings. The van der Waals surface area contributed by atoms with E-state index in [0.717, 1.165) is 5.69 Å². The Labute approximate surface area is 94.8 Å². The zero-order valence-corrected chi connectivity index (χ0v) is 10.1. The number of rotatable bonds is 3. The van der Waals surface area contributed by atoms with E-state index < -0.39 is 0 Å². The molecule has 0 atom stereocenters. The first kappa shape index (κ1) is 11.6. The Morgan fingerprint density at radius 2 is 2.14 bits per heavy atom. The average molecular weight is 233 g/mol. The SMILES string of the molecule is CN(c1ccncc1Cl)C(C)(C)CCl. The van der Waals surface area contributed by atoms with E-state index in [1.807, 2.05) is 13.1 Å². The molecule has 4 heteroatoms. The first-order valence-corrected chi connectivity index (χ1v) is 5.29. The second kappa shape index (κ2) is 4.37. The average Bonchev–Trinajstić information content (AvgIpc) is 2.17. The van der Waals surface area contributed by atoms with Gasteiger partial charge in [-0.2, -0.15) is 0 Å². The van der Waals surface area contributed by atoms with Gasteiger partial charge in [0.1, 0.15) is 0 Å². The van der Waals surface area contributed by atoms with Gasteiger partial charge in [0, 0.05) is 30.9 Å². The van der Waals surface area contributed by atoms with Gasteiger partial charge in [-0.25, -0.2) is 0 Å². The summed E-state index contributed by atoms with van der Waals surface area (Å²) in [5.41, 5.74) is 0.833. The summed E-state index contributed by atoms with van der Waals surface area (Å²) >= 11 is 11.9. The minimum atomic E-state index is -0.119. The molecular weight excluding hydrogens is 219 g/mol. The number of halogens is 2. The van der Waals surface area contributed by atoms with Crippen LogP contribution in [0.4, 0.5) is 5.69 Å². The van der Waals surface area contributed by atoms with Crippen LogP contribution >= 0.6 is 23.2 Å². The molecule has 1 aromatic rings. The molecule has 0 saturated carbocycles. The molecule has 0 saturated heterocycles. The van der Waals surface area contributed by atoms with Crippen molar-refractivity contribution >= 4 is 28.9 Å². The maximum Gasteiger partial charge on any atom is 0.0822 e. The molecule has 0 aliphatic rings. The standard InChI is InChI=1S/C10H14Cl2N2/c1-10(2,7-11)14(3)9-4-5-13-6-8(9)12/h4-6H,7H2,1-3H3. The highest BCUT2D eigenvalue weighted by molar-refractivity contribution is 6.33. The van der Waals surface area contributed by atoms with Crippen LogP contribution in [0.25, 0.3) is 0 Å². The van der Waals surface area contributed by atoms with E-state index in [1.165, 1.54) is 0 Å². The zero-order valence-electron chi connectivity index (χ0n) is 8.59. The fraction of sp³-hybridized carbons (Fsp3) is 0.500. The van der Waals surface area contributed by atoms with E-state index in [4.69, 9.17) is 23.2 Å². The van der Waals surface area contributed by atoms with Gasteiger partial charge >= 0.3 is 0 Å². The summed E-state index contributed by atoms with van der Waals surface area (Å²) in [6, 6.07) is 1.89. The first-order valence-electron chi connectivity index (χ1n) is 4.38. The van der Waals surface area contributed by atoms with Crippen LogP contribution in [0, 0.1) is 0 Å². The second-order valence-corrected chi connectivity index (χ2v) is 4.51. The Hall–Kier alpha value is -0.470. The van der Waals surface area contributed by atoms with Crippen molar-refractivity contribution in [3.63, 3.8) is 0 Å². The van der Waals surface area contributed by atoms with Gasteiger partial charge in [-0.05, 0) is 19.9 Å². The molecule has 1 rings (SSSR count). The maximum absolute atomic E-state index is 6.03. The van der Waals surface area contributed by atoms with Gasteiger partial charge in [-0.3, -0.25) is 4.98 Å². The first-order chi connectivity index (χ1) is 6.49. The lowest BCUT2D eigenvalue weighted by Crippen LogP contribution is -2.43. The van der Waals surface area contributed by atoms with Crippen molar-refractivity contribution in [1.29, 1.82) is 0 Å². The van der Waals surface area contributed by atoms with E-state index in [0.29, 0.717) is 10.9 Å². The largest absolute Gasteiger partial charge is 0.367 e. The third-order valence-corrected chi connectivity index (χ3v) is 3.29. The number of alkyl halides is 1. The lowest BCUT2D eigenvalue weighted by molar-refractivity contribution is 0.545. The van der Waals surface area contributed by atoms with Crippen LogP contribution in [0.5, 0.6) is 0 Å². The van der Waals surface area contributed by atoms with Gasteiger partial charge in [0.15, 0.2) is 0 Å². The topological polar surface area (TPSA) is 16.1 Å². The monoisotopic (exact) mass is 232 g/mol. The van der Waals surface area contributed by atoms with Crippen LogP contribution in [0.15, 0.2) is 18.5 Å². The smallest absolute Gasteiger partial charge is 0.0822 e. The van der Waals surface area contributed by atoms with Crippen molar-refractivity contribution in [1.82, 2.24) is 4.98 Å². The summed E-state index contributed by atoms with van der Waals surface area (Å²) in [5, 5.41) is 0.646. The molecule has 1 heterocycles. The minimum Gasteiger partial charge on any atom is -0.367 e. The third kappa shape index (κ3) is 2.31. The van der Waals surface area contributed by atoms with Crippen molar-refractivity contribution in [3.05, 3.63) is 23.5 Å². The fourth-order valence-electron chi connectivity index (χ4n) is 1.06. The molecule has 0 aliphatic heterocycles. The summed E-state index contributed by atoms with van der Waals surface area (Å²) in [6.07, 6.45) is 3.36. The molecule has 0 aromatic carbocycles. The lowest BCUT2D eigenvalue weighted by Gasteiger charge is -2.36. The van der Waals surface area contributed by atoms with Crippen molar-refractivity contribution < 1.29 is 0 Å². The van der Waals surface area contributed by atoms with Crippen LogP contribution in [0.3, 0.4) is 0 Å². The Bertz CT molecular complexity index is 313. The molecule has 14 heavy (non-hydrogen) atoms. The molecule has 0 radical (unpaired) electrons. The maximum atomic E-state index is 6.03. The van der Waals surface area contributed by atoms with E-state index in [9.17, 15) is 0 Å². The molecule has 0 bridgehead atoms. The van der Waals surface area contributed by atoms with Crippen LogP contribution in [0.1, 0.15) is 13.8 Å². The number of nitrogens with zero attached hydrogens (tertiary/aromatic N) is 2. The summed E-state index contributed by atoms with van der Waals surface area (Å²) < 4.78 is 0. The quantitative estimate of drug-likeness (QED) is 0.745. The third-order valence-electron chi connectivity index (χ3n) is 2.35. The summed E-state index contributed by atoms with van der Waals surface area (Å²) in [5.74, 6) is 0.544. The molecule has 2 nitrogen and oxygen atoms in total. The molecule has 78 valence electrons.